The Bertz CT molecular complexity index is 1500. The Morgan fingerprint density at radius 3 is 2.59 bits per heavy atom. The molecule has 0 saturated carbocycles. The first-order valence-electron chi connectivity index (χ1n) is 9.60. The first-order valence-corrected chi connectivity index (χ1v) is 10.5. The van der Waals surface area contributed by atoms with Gasteiger partial charge in [0.25, 0.3) is 0 Å². The van der Waals surface area contributed by atoms with E-state index in [9.17, 15) is 13.9 Å². The average molecular weight is 447 g/mol. The number of aromatic nitrogens is 1. The molecule has 32 heavy (non-hydrogen) atoms. The van der Waals surface area contributed by atoms with Gasteiger partial charge >= 0.3 is 0 Å². The van der Waals surface area contributed by atoms with Crippen LogP contribution in [0.15, 0.2) is 92.7 Å². The molecule has 0 spiro atoms. The van der Waals surface area contributed by atoms with Crippen LogP contribution in [0.25, 0.3) is 22.4 Å². The third kappa shape index (κ3) is 3.83. The number of furan rings is 1. The van der Waals surface area contributed by atoms with E-state index in [4.69, 9.17) is 4.42 Å². The predicted octanol–water partition coefficient (Wildman–Crippen LogP) is 6.06. The molecule has 0 bridgehead atoms. The van der Waals surface area contributed by atoms with Crippen molar-refractivity contribution in [3.05, 3.63) is 100 Å². The molecule has 0 fully saturated rings. The molecule has 5 nitrogen and oxygen atoms in total. The maximum Gasteiger partial charge on any atom is 0.211 e. The summed E-state index contributed by atoms with van der Waals surface area (Å²) in [6.45, 7) is 0. The summed E-state index contributed by atoms with van der Waals surface area (Å²) in [5.74, 6) is -0.834. The van der Waals surface area contributed by atoms with Crippen molar-refractivity contribution in [3.63, 3.8) is 0 Å². The van der Waals surface area contributed by atoms with Gasteiger partial charge in [-0.3, -0.25) is 0 Å². The molecule has 158 valence electrons. The molecular weight excluding hydrogens is 432 g/mol. The highest BCUT2D eigenvalue weighted by molar-refractivity contribution is 7.07. The van der Waals surface area contributed by atoms with Gasteiger partial charge in [-0.15, -0.1) is 11.3 Å². The number of halogens is 2. The number of phenols is 1. The lowest BCUT2D eigenvalue weighted by atomic mass is 10.2. The molecule has 5 rings (SSSR count). The molecule has 0 aliphatic carbocycles. The van der Waals surface area contributed by atoms with Crippen molar-refractivity contribution in [2.24, 2.45) is 10.1 Å². The minimum Gasteiger partial charge on any atom is -0.507 e. The minimum atomic E-state index is -0.778. The lowest BCUT2D eigenvalue weighted by molar-refractivity contribution is 0.474. The summed E-state index contributed by atoms with van der Waals surface area (Å²) in [4.78, 5) is 4.68. The highest BCUT2D eigenvalue weighted by Gasteiger charge is 2.14. The lowest BCUT2D eigenvalue weighted by Crippen LogP contribution is -2.11. The van der Waals surface area contributed by atoms with Crippen LogP contribution in [-0.4, -0.2) is 16.0 Å². The molecule has 5 aromatic rings. The van der Waals surface area contributed by atoms with Crippen LogP contribution in [0.1, 0.15) is 5.56 Å². The summed E-state index contributed by atoms with van der Waals surface area (Å²) < 4.78 is 35.0. The second-order valence-electron chi connectivity index (χ2n) is 6.87. The van der Waals surface area contributed by atoms with E-state index < -0.39 is 11.6 Å². The van der Waals surface area contributed by atoms with Crippen molar-refractivity contribution >= 4 is 34.2 Å². The van der Waals surface area contributed by atoms with Gasteiger partial charge in [0.05, 0.1) is 6.21 Å². The molecule has 0 saturated heterocycles. The number of rotatable bonds is 4. The van der Waals surface area contributed by atoms with E-state index in [0.29, 0.717) is 27.4 Å². The Kier molecular flexibility index (Phi) is 5.12. The number of benzene rings is 3. The zero-order chi connectivity index (χ0) is 22.1. The van der Waals surface area contributed by atoms with Gasteiger partial charge in [0.2, 0.25) is 4.80 Å². The second-order valence-corrected chi connectivity index (χ2v) is 7.71. The fraction of sp³-hybridized carbons (Fsp3) is 0. The van der Waals surface area contributed by atoms with E-state index in [2.05, 4.69) is 10.1 Å². The minimum absolute atomic E-state index is 0.0177. The van der Waals surface area contributed by atoms with Crippen molar-refractivity contribution in [3.8, 4) is 17.2 Å². The zero-order valence-electron chi connectivity index (χ0n) is 16.4. The maximum absolute atomic E-state index is 14.2. The fourth-order valence-corrected chi connectivity index (χ4v) is 3.99. The first kappa shape index (κ1) is 19.9. The molecule has 0 aliphatic rings. The Balaban J connectivity index is 1.69. The molecule has 3 aromatic carbocycles. The Labute approximate surface area is 184 Å². The number of hydrogen-bond acceptors (Lipinski definition) is 5. The van der Waals surface area contributed by atoms with Gasteiger partial charge in [0, 0.05) is 22.4 Å². The van der Waals surface area contributed by atoms with Crippen molar-refractivity contribution in [2.45, 2.75) is 0 Å². The molecule has 8 heteroatoms. The normalized spacial score (nSPS) is 12.2. The quantitative estimate of drug-likeness (QED) is 0.340. The maximum atomic E-state index is 14.2. The molecule has 2 aromatic heterocycles. The van der Waals surface area contributed by atoms with Gasteiger partial charge in [0.1, 0.15) is 28.5 Å². The van der Waals surface area contributed by atoms with E-state index in [1.165, 1.54) is 28.3 Å². The Hall–Kier alpha value is -4.04. The number of phenolic OH excluding ortho intramolecular Hbond substituents is 1. The molecule has 1 N–H and O–H groups in total. The number of nitrogens with zero attached hydrogens (tertiary/aromatic N) is 3. The van der Waals surface area contributed by atoms with Crippen molar-refractivity contribution in [1.29, 1.82) is 0 Å². The van der Waals surface area contributed by atoms with E-state index >= 15 is 0 Å². The zero-order valence-corrected chi connectivity index (χ0v) is 17.3. The van der Waals surface area contributed by atoms with Crippen molar-refractivity contribution < 1.29 is 18.3 Å². The van der Waals surface area contributed by atoms with Gasteiger partial charge in [-0.1, -0.05) is 30.3 Å². The van der Waals surface area contributed by atoms with E-state index in [-0.39, 0.29) is 11.4 Å². The summed E-state index contributed by atoms with van der Waals surface area (Å²) in [7, 11) is 0. The molecule has 0 atom stereocenters. The van der Waals surface area contributed by atoms with Crippen molar-refractivity contribution in [2.75, 3.05) is 0 Å². The van der Waals surface area contributed by atoms with Crippen LogP contribution >= 0.6 is 11.3 Å². The Morgan fingerprint density at radius 1 is 0.969 bits per heavy atom. The number of hydrogen-bond donors (Lipinski definition) is 1. The van der Waals surface area contributed by atoms with Crippen LogP contribution in [0, 0.1) is 11.6 Å². The van der Waals surface area contributed by atoms with Crippen LogP contribution in [0.4, 0.5) is 14.5 Å². The molecule has 0 amide bonds. The molecular formula is C24H15F2N3O2S. The Morgan fingerprint density at radius 2 is 1.78 bits per heavy atom. The van der Waals surface area contributed by atoms with Gasteiger partial charge in [-0.25, -0.2) is 18.4 Å². The van der Waals surface area contributed by atoms with Crippen LogP contribution < -0.4 is 4.80 Å². The fourth-order valence-electron chi connectivity index (χ4n) is 3.16. The summed E-state index contributed by atoms with van der Waals surface area (Å²) >= 11 is 1.23. The van der Waals surface area contributed by atoms with Crippen LogP contribution in [0.3, 0.4) is 0 Å². The second kappa shape index (κ2) is 8.24. The molecule has 2 heterocycles. The average Bonchev–Trinajstić information content (AvgIpc) is 3.39. The van der Waals surface area contributed by atoms with Crippen LogP contribution in [-0.2, 0) is 0 Å². The highest BCUT2D eigenvalue weighted by Crippen LogP contribution is 2.28. The summed E-state index contributed by atoms with van der Waals surface area (Å²) in [5.41, 5.74) is 1.80. The topological polar surface area (TPSA) is 63.0 Å². The largest absolute Gasteiger partial charge is 0.507 e. The third-order valence-electron chi connectivity index (χ3n) is 4.74. The monoisotopic (exact) mass is 447 g/mol. The van der Waals surface area contributed by atoms with Gasteiger partial charge < -0.3 is 9.52 Å². The van der Waals surface area contributed by atoms with Crippen LogP contribution in [0.2, 0.25) is 0 Å². The van der Waals surface area contributed by atoms with Gasteiger partial charge in [0.15, 0.2) is 11.6 Å². The summed E-state index contributed by atoms with van der Waals surface area (Å²) in [5, 5.41) is 17.3. The summed E-state index contributed by atoms with van der Waals surface area (Å²) in [6, 6.07) is 19.4. The molecule has 0 unspecified atom stereocenters. The highest BCUT2D eigenvalue weighted by atomic mass is 32.1. The van der Waals surface area contributed by atoms with Gasteiger partial charge in [-0.2, -0.15) is 5.10 Å². The number of aromatic hydroxyl groups is 1. The smallest absolute Gasteiger partial charge is 0.211 e. The first-order chi connectivity index (χ1) is 15.6. The van der Waals surface area contributed by atoms with E-state index in [1.807, 2.05) is 30.3 Å². The van der Waals surface area contributed by atoms with Gasteiger partial charge in [-0.05, 0) is 36.4 Å². The molecule has 0 aliphatic heterocycles. The third-order valence-corrected chi connectivity index (χ3v) is 5.55. The predicted molar refractivity (Wildman–Crippen MR) is 120 cm³/mol. The number of thiazole rings is 1. The van der Waals surface area contributed by atoms with E-state index in [1.54, 1.807) is 29.6 Å². The standard InChI is InChI=1S/C24H15F2N3O2S/c25-17-9-10-19(18(26)12-17)28-24-29(27-13-16-6-1-3-7-21(16)30)20(14-32-24)23-11-15-5-2-4-8-22(15)31-23/h1-14,30H. The number of para-hydroxylation sites is 2. The SMILES string of the molecule is Oc1ccccc1C=Nn1c(-c2cc3ccccc3o2)csc1=Nc1ccc(F)cc1F. The number of fused-ring (bicyclic) bond motifs is 1. The van der Waals surface area contributed by atoms with E-state index in [0.717, 1.165) is 17.5 Å². The lowest BCUT2D eigenvalue weighted by Gasteiger charge is -2.02. The van der Waals surface area contributed by atoms with Crippen molar-refractivity contribution in [1.82, 2.24) is 4.68 Å². The van der Waals surface area contributed by atoms with Crippen LogP contribution in [0.5, 0.6) is 5.75 Å². The molecule has 0 radical (unpaired) electrons. The summed E-state index contributed by atoms with van der Waals surface area (Å²) in [6.07, 6.45) is 1.48.